The quantitative estimate of drug-likeness (QED) is 0.474. The van der Waals surface area contributed by atoms with Gasteiger partial charge in [0, 0.05) is 0 Å². The van der Waals surface area contributed by atoms with E-state index in [1.165, 1.54) is 0 Å². The maximum absolute atomic E-state index is 10.5. The number of aldehydes is 1. The van der Waals surface area contributed by atoms with Crippen molar-refractivity contribution in [3.05, 3.63) is 23.5 Å². The van der Waals surface area contributed by atoms with Crippen LogP contribution in [-0.2, 0) is 9.53 Å². The molecule has 0 unspecified atom stereocenters. The minimum atomic E-state index is 0.768. The summed E-state index contributed by atoms with van der Waals surface area (Å²) in [5, 5.41) is 0. The van der Waals surface area contributed by atoms with Gasteiger partial charge in [-0.1, -0.05) is 6.92 Å². The van der Waals surface area contributed by atoms with Crippen molar-refractivity contribution in [1.29, 1.82) is 0 Å². The van der Waals surface area contributed by atoms with Crippen molar-refractivity contribution in [2.24, 2.45) is 0 Å². The summed E-state index contributed by atoms with van der Waals surface area (Å²) in [6.07, 6.45) is 7.65. The van der Waals surface area contributed by atoms with Crippen LogP contribution in [0.15, 0.2) is 23.5 Å². The second-order valence-corrected chi connectivity index (χ2v) is 2.79. The first-order valence-electron chi connectivity index (χ1n) is 4.35. The Hall–Kier alpha value is -1.05. The molecule has 0 N–H and O–H groups in total. The highest BCUT2D eigenvalue weighted by Gasteiger charge is 2.01. The fourth-order valence-corrected chi connectivity index (χ4v) is 1.08. The summed E-state index contributed by atoms with van der Waals surface area (Å²) < 4.78 is 5.34. The Morgan fingerprint density at radius 1 is 1.75 bits per heavy atom. The average Bonchev–Trinajstić information content (AvgIpc) is 2.16. The number of rotatable bonds is 3. The summed E-state index contributed by atoms with van der Waals surface area (Å²) in [5.41, 5.74) is 0.795. The maximum atomic E-state index is 10.5. The van der Waals surface area contributed by atoms with Crippen LogP contribution in [0.4, 0.5) is 0 Å². The molecule has 0 aromatic rings. The fourth-order valence-electron chi connectivity index (χ4n) is 1.08. The zero-order chi connectivity index (χ0) is 8.81. The Bertz CT molecular complexity index is 214. The smallest absolute Gasteiger partial charge is 0.146 e. The number of carbonyl (C=O) groups excluding carboxylic acids is 1. The van der Waals surface area contributed by atoms with E-state index in [2.05, 4.69) is 0 Å². The monoisotopic (exact) mass is 166 g/mol. The molecule has 1 heterocycles. The molecule has 0 saturated heterocycles. The standard InChI is InChI=1S/C10H14O2/c1-2-9(8-11)7-10-5-3-4-6-12-10/h5,7-8H,2-4,6H2,1H3/b9-7+. The van der Waals surface area contributed by atoms with Crippen LogP contribution in [-0.4, -0.2) is 12.9 Å². The van der Waals surface area contributed by atoms with E-state index in [-0.39, 0.29) is 0 Å². The molecule has 1 aliphatic rings. The molecule has 0 aromatic carbocycles. The Labute approximate surface area is 72.9 Å². The van der Waals surface area contributed by atoms with Gasteiger partial charge in [-0.15, -0.1) is 0 Å². The maximum Gasteiger partial charge on any atom is 0.146 e. The molecule has 0 aromatic heterocycles. The van der Waals surface area contributed by atoms with Gasteiger partial charge >= 0.3 is 0 Å². The molecule has 0 saturated carbocycles. The van der Waals surface area contributed by atoms with E-state index in [4.69, 9.17) is 4.74 Å². The molecule has 0 fully saturated rings. The highest BCUT2D eigenvalue weighted by Crippen LogP contribution is 2.13. The molecule has 1 aliphatic heterocycles. The summed E-state index contributed by atoms with van der Waals surface area (Å²) in [7, 11) is 0. The minimum absolute atomic E-state index is 0.768. The van der Waals surface area contributed by atoms with E-state index in [1.807, 2.05) is 19.1 Å². The molecule has 0 aliphatic carbocycles. The van der Waals surface area contributed by atoms with Crippen molar-refractivity contribution in [2.75, 3.05) is 6.61 Å². The lowest BCUT2D eigenvalue weighted by Crippen LogP contribution is -1.99. The van der Waals surface area contributed by atoms with E-state index in [0.717, 1.165) is 43.5 Å². The van der Waals surface area contributed by atoms with E-state index >= 15 is 0 Å². The summed E-state index contributed by atoms with van der Waals surface area (Å²) in [5.74, 6) is 0.852. The van der Waals surface area contributed by atoms with Crippen LogP contribution in [0.3, 0.4) is 0 Å². The van der Waals surface area contributed by atoms with Crippen LogP contribution in [0.25, 0.3) is 0 Å². The summed E-state index contributed by atoms with van der Waals surface area (Å²) >= 11 is 0. The van der Waals surface area contributed by atoms with E-state index < -0.39 is 0 Å². The lowest BCUT2D eigenvalue weighted by molar-refractivity contribution is -0.105. The summed E-state index contributed by atoms with van der Waals surface area (Å²) in [6.45, 7) is 2.74. The largest absolute Gasteiger partial charge is 0.494 e. The molecule has 2 nitrogen and oxygen atoms in total. The summed E-state index contributed by atoms with van der Waals surface area (Å²) in [6, 6.07) is 0. The van der Waals surface area contributed by atoms with Gasteiger partial charge < -0.3 is 4.74 Å². The number of ether oxygens (including phenoxy) is 1. The molecular weight excluding hydrogens is 152 g/mol. The van der Waals surface area contributed by atoms with Gasteiger partial charge in [0.05, 0.1) is 6.61 Å². The lowest BCUT2D eigenvalue weighted by atomic mass is 10.1. The van der Waals surface area contributed by atoms with Crippen LogP contribution in [0.1, 0.15) is 26.2 Å². The third-order valence-corrected chi connectivity index (χ3v) is 1.85. The predicted molar refractivity (Wildman–Crippen MR) is 47.7 cm³/mol. The van der Waals surface area contributed by atoms with Crippen molar-refractivity contribution in [3.8, 4) is 0 Å². The molecule has 0 amide bonds. The molecule has 12 heavy (non-hydrogen) atoms. The normalized spacial score (nSPS) is 18.1. The molecule has 2 heteroatoms. The van der Waals surface area contributed by atoms with E-state index in [9.17, 15) is 4.79 Å². The Kier molecular flexibility index (Phi) is 3.58. The zero-order valence-corrected chi connectivity index (χ0v) is 7.38. The predicted octanol–water partition coefficient (Wildman–Crippen LogP) is 2.22. The van der Waals surface area contributed by atoms with Crippen LogP contribution >= 0.6 is 0 Å². The van der Waals surface area contributed by atoms with Gasteiger partial charge in [0.1, 0.15) is 12.0 Å². The van der Waals surface area contributed by atoms with E-state index in [1.54, 1.807) is 0 Å². The lowest BCUT2D eigenvalue weighted by Gasteiger charge is -2.11. The fraction of sp³-hybridized carbons (Fsp3) is 0.500. The first-order valence-corrected chi connectivity index (χ1v) is 4.35. The molecule has 0 bridgehead atoms. The van der Waals surface area contributed by atoms with Crippen LogP contribution < -0.4 is 0 Å². The molecular formula is C10H14O2. The molecule has 0 atom stereocenters. The Morgan fingerprint density at radius 3 is 3.08 bits per heavy atom. The molecule has 0 radical (unpaired) electrons. The molecule has 0 spiro atoms. The second-order valence-electron chi connectivity index (χ2n) is 2.79. The van der Waals surface area contributed by atoms with Crippen molar-refractivity contribution < 1.29 is 9.53 Å². The van der Waals surface area contributed by atoms with E-state index in [0.29, 0.717) is 0 Å². The first kappa shape index (κ1) is 9.04. The van der Waals surface area contributed by atoms with Gasteiger partial charge in [-0.3, -0.25) is 4.79 Å². The third kappa shape index (κ3) is 2.53. The van der Waals surface area contributed by atoms with Crippen molar-refractivity contribution in [2.45, 2.75) is 26.2 Å². The zero-order valence-electron chi connectivity index (χ0n) is 7.38. The molecule has 1 rings (SSSR count). The Morgan fingerprint density at radius 2 is 2.58 bits per heavy atom. The van der Waals surface area contributed by atoms with Crippen molar-refractivity contribution >= 4 is 6.29 Å². The van der Waals surface area contributed by atoms with Crippen molar-refractivity contribution in [3.63, 3.8) is 0 Å². The highest BCUT2D eigenvalue weighted by molar-refractivity contribution is 5.73. The van der Waals surface area contributed by atoms with Gasteiger partial charge in [0.25, 0.3) is 0 Å². The topological polar surface area (TPSA) is 26.3 Å². The van der Waals surface area contributed by atoms with Gasteiger partial charge in [-0.25, -0.2) is 0 Å². The second kappa shape index (κ2) is 4.75. The van der Waals surface area contributed by atoms with Crippen LogP contribution in [0.2, 0.25) is 0 Å². The average molecular weight is 166 g/mol. The number of allylic oxidation sites excluding steroid dienone is 3. The van der Waals surface area contributed by atoms with Crippen molar-refractivity contribution in [1.82, 2.24) is 0 Å². The molecule has 66 valence electrons. The van der Waals surface area contributed by atoms with Gasteiger partial charge in [-0.05, 0) is 37.0 Å². The van der Waals surface area contributed by atoms with Gasteiger partial charge in [0.15, 0.2) is 0 Å². The number of carbonyl (C=O) groups is 1. The third-order valence-electron chi connectivity index (χ3n) is 1.85. The highest BCUT2D eigenvalue weighted by atomic mass is 16.5. The first-order chi connectivity index (χ1) is 5.86. The minimum Gasteiger partial charge on any atom is -0.494 e. The Balaban J connectivity index is 2.62. The SMILES string of the molecule is CC/C(C=O)=C\C1=CCCCO1. The number of hydrogen-bond donors (Lipinski definition) is 0. The number of hydrogen-bond acceptors (Lipinski definition) is 2. The van der Waals surface area contributed by atoms with Crippen LogP contribution in [0, 0.1) is 0 Å². The summed E-state index contributed by atoms with van der Waals surface area (Å²) in [4.78, 5) is 10.5. The van der Waals surface area contributed by atoms with Gasteiger partial charge in [0.2, 0.25) is 0 Å². The van der Waals surface area contributed by atoms with Crippen LogP contribution in [0.5, 0.6) is 0 Å². The van der Waals surface area contributed by atoms with Gasteiger partial charge in [-0.2, -0.15) is 0 Å².